The van der Waals surface area contributed by atoms with Crippen LogP contribution in [0, 0.1) is 13.8 Å². The van der Waals surface area contributed by atoms with Crippen molar-refractivity contribution >= 4 is 10.0 Å². The highest BCUT2D eigenvalue weighted by molar-refractivity contribution is 7.89. The minimum atomic E-state index is -3.62. The summed E-state index contributed by atoms with van der Waals surface area (Å²) in [4.78, 5) is 0.177. The van der Waals surface area contributed by atoms with Crippen molar-refractivity contribution in [3.63, 3.8) is 0 Å². The molecule has 0 bridgehead atoms. The first-order chi connectivity index (χ1) is 8.31. The van der Waals surface area contributed by atoms with Crippen LogP contribution in [-0.4, -0.2) is 28.1 Å². The molecule has 1 aromatic carbocycles. The summed E-state index contributed by atoms with van der Waals surface area (Å²) >= 11 is 0. The molecule has 3 N–H and O–H groups in total. The number of aryl methyl sites for hydroxylation is 2. The van der Waals surface area contributed by atoms with Gasteiger partial charge in [-0.3, -0.25) is 0 Å². The number of nitrogens with one attached hydrogen (secondary N) is 1. The van der Waals surface area contributed by atoms with Crippen molar-refractivity contribution in [2.75, 3.05) is 13.7 Å². The van der Waals surface area contributed by atoms with Crippen LogP contribution in [0.25, 0.3) is 0 Å². The molecule has 1 aromatic rings. The average Bonchev–Trinajstić information content (AvgIpc) is 2.26. The Bertz CT molecular complexity index is 526. The van der Waals surface area contributed by atoms with Crippen molar-refractivity contribution < 1.29 is 13.2 Å². The van der Waals surface area contributed by atoms with E-state index in [4.69, 9.17) is 10.5 Å². The second-order valence-electron chi connectivity index (χ2n) is 4.37. The fraction of sp³-hybridized carbons (Fsp3) is 0.500. The predicted molar refractivity (Wildman–Crippen MR) is 71.3 cm³/mol. The molecule has 5 nitrogen and oxygen atoms in total. The number of hydrogen-bond donors (Lipinski definition) is 2. The van der Waals surface area contributed by atoms with E-state index in [2.05, 4.69) is 4.72 Å². The Kier molecular flexibility index (Phi) is 4.72. The van der Waals surface area contributed by atoms with Gasteiger partial charge in [0, 0.05) is 12.6 Å². The lowest BCUT2D eigenvalue weighted by Gasteiger charge is -2.16. The van der Waals surface area contributed by atoms with E-state index in [9.17, 15) is 8.42 Å². The molecule has 0 aliphatic heterocycles. The van der Waals surface area contributed by atoms with E-state index in [0.717, 1.165) is 5.56 Å². The molecule has 0 saturated heterocycles. The zero-order valence-electron chi connectivity index (χ0n) is 11.1. The molecule has 102 valence electrons. The molecule has 0 saturated carbocycles. The summed E-state index contributed by atoms with van der Waals surface area (Å²) in [6, 6.07) is 3.19. The lowest BCUT2D eigenvalue weighted by molar-refractivity contribution is 0.401. The SMILES string of the molecule is COc1cc(C)cc(C)c1S(=O)(=O)N[C@@H](C)CN. The molecule has 18 heavy (non-hydrogen) atoms. The minimum Gasteiger partial charge on any atom is -0.495 e. The van der Waals surface area contributed by atoms with Crippen LogP contribution in [0.15, 0.2) is 17.0 Å². The van der Waals surface area contributed by atoms with Gasteiger partial charge in [-0.25, -0.2) is 13.1 Å². The van der Waals surface area contributed by atoms with E-state index < -0.39 is 10.0 Å². The number of rotatable bonds is 5. The molecular formula is C12H20N2O3S. The van der Waals surface area contributed by atoms with Crippen LogP contribution in [0.4, 0.5) is 0 Å². The van der Waals surface area contributed by atoms with Crippen LogP contribution in [-0.2, 0) is 10.0 Å². The lowest BCUT2D eigenvalue weighted by atomic mass is 10.1. The first-order valence-electron chi connectivity index (χ1n) is 5.69. The summed E-state index contributed by atoms with van der Waals surface area (Å²) in [6.45, 7) is 5.60. The summed E-state index contributed by atoms with van der Waals surface area (Å²) in [7, 11) is -2.16. The summed E-state index contributed by atoms with van der Waals surface area (Å²) in [6.07, 6.45) is 0. The van der Waals surface area contributed by atoms with E-state index in [1.54, 1.807) is 19.9 Å². The van der Waals surface area contributed by atoms with Crippen LogP contribution < -0.4 is 15.2 Å². The van der Waals surface area contributed by atoms with Crippen LogP contribution >= 0.6 is 0 Å². The molecule has 1 atom stereocenters. The maximum absolute atomic E-state index is 12.3. The summed E-state index contributed by atoms with van der Waals surface area (Å²) in [5.74, 6) is 0.351. The molecule has 6 heteroatoms. The topological polar surface area (TPSA) is 81.4 Å². The fourth-order valence-corrected chi connectivity index (χ4v) is 3.42. The molecule has 0 radical (unpaired) electrons. The van der Waals surface area contributed by atoms with Crippen LogP contribution in [0.5, 0.6) is 5.75 Å². The molecule has 0 aliphatic rings. The van der Waals surface area contributed by atoms with Crippen molar-refractivity contribution in [1.82, 2.24) is 4.72 Å². The van der Waals surface area contributed by atoms with Gasteiger partial charge in [0.15, 0.2) is 0 Å². The van der Waals surface area contributed by atoms with Gasteiger partial charge in [0.2, 0.25) is 10.0 Å². The highest BCUT2D eigenvalue weighted by Gasteiger charge is 2.23. The third-order valence-electron chi connectivity index (χ3n) is 2.58. The van der Waals surface area contributed by atoms with E-state index in [0.29, 0.717) is 11.3 Å². The highest BCUT2D eigenvalue weighted by atomic mass is 32.2. The number of benzene rings is 1. The van der Waals surface area contributed by atoms with E-state index in [-0.39, 0.29) is 17.5 Å². The van der Waals surface area contributed by atoms with E-state index in [1.807, 2.05) is 13.0 Å². The Hall–Kier alpha value is -1.11. The number of nitrogens with two attached hydrogens (primary N) is 1. The Morgan fingerprint density at radius 1 is 1.39 bits per heavy atom. The average molecular weight is 272 g/mol. The van der Waals surface area contributed by atoms with Gasteiger partial charge in [0.25, 0.3) is 0 Å². The number of ether oxygens (including phenoxy) is 1. The van der Waals surface area contributed by atoms with Gasteiger partial charge >= 0.3 is 0 Å². The fourth-order valence-electron chi connectivity index (χ4n) is 1.78. The van der Waals surface area contributed by atoms with Crippen molar-refractivity contribution in [2.45, 2.75) is 31.7 Å². The van der Waals surface area contributed by atoms with Crippen molar-refractivity contribution in [3.05, 3.63) is 23.3 Å². The Morgan fingerprint density at radius 3 is 2.50 bits per heavy atom. The normalized spacial score (nSPS) is 13.4. The predicted octanol–water partition coefficient (Wildman–Crippen LogP) is 0.938. The van der Waals surface area contributed by atoms with Crippen LogP contribution in [0.1, 0.15) is 18.1 Å². The molecule has 0 aliphatic carbocycles. The van der Waals surface area contributed by atoms with E-state index >= 15 is 0 Å². The summed E-state index contributed by atoms with van der Waals surface area (Å²) in [5.41, 5.74) is 7.04. The molecule has 0 aromatic heterocycles. The highest BCUT2D eigenvalue weighted by Crippen LogP contribution is 2.28. The quantitative estimate of drug-likeness (QED) is 0.835. The molecule has 0 heterocycles. The van der Waals surface area contributed by atoms with Gasteiger partial charge < -0.3 is 10.5 Å². The van der Waals surface area contributed by atoms with Crippen molar-refractivity contribution in [2.24, 2.45) is 5.73 Å². The lowest BCUT2D eigenvalue weighted by Crippen LogP contribution is -2.38. The number of methoxy groups -OCH3 is 1. The first kappa shape index (κ1) is 14.9. The second-order valence-corrected chi connectivity index (χ2v) is 6.02. The molecule has 0 fully saturated rings. The maximum Gasteiger partial charge on any atom is 0.244 e. The zero-order chi connectivity index (χ0) is 13.9. The zero-order valence-corrected chi connectivity index (χ0v) is 12.0. The monoisotopic (exact) mass is 272 g/mol. The Labute approximate surface area is 108 Å². The molecule has 1 rings (SSSR count). The Morgan fingerprint density at radius 2 is 2.00 bits per heavy atom. The summed E-state index contributed by atoms with van der Waals surface area (Å²) in [5, 5.41) is 0. The molecule has 0 unspecified atom stereocenters. The smallest absolute Gasteiger partial charge is 0.244 e. The number of hydrogen-bond acceptors (Lipinski definition) is 4. The Balaban J connectivity index is 3.32. The van der Waals surface area contributed by atoms with Crippen molar-refractivity contribution in [3.8, 4) is 5.75 Å². The third-order valence-corrected chi connectivity index (χ3v) is 4.36. The van der Waals surface area contributed by atoms with Crippen molar-refractivity contribution in [1.29, 1.82) is 0 Å². The first-order valence-corrected chi connectivity index (χ1v) is 7.17. The summed E-state index contributed by atoms with van der Waals surface area (Å²) < 4.78 is 32.2. The molecule has 0 amide bonds. The van der Waals surface area contributed by atoms with Gasteiger partial charge in [-0.15, -0.1) is 0 Å². The molecular weight excluding hydrogens is 252 g/mol. The van der Waals surface area contributed by atoms with Gasteiger partial charge in [-0.1, -0.05) is 6.07 Å². The third kappa shape index (κ3) is 3.22. The van der Waals surface area contributed by atoms with Gasteiger partial charge in [0.05, 0.1) is 7.11 Å². The van der Waals surface area contributed by atoms with Gasteiger partial charge in [-0.05, 0) is 38.0 Å². The standard InChI is InChI=1S/C12H20N2O3S/c1-8-5-9(2)12(11(6-8)17-4)18(15,16)14-10(3)7-13/h5-6,10,14H,7,13H2,1-4H3/t10-/m0/s1. The van der Waals surface area contributed by atoms with Gasteiger partial charge in [-0.2, -0.15) is 0 Å². The van der Waals surface area contributed by atoms with E-state index in [1.165, 1.54) is 7.11 Å². The number of sulfonamides is 1. The second kappa shape index (κ2) is 5.69. The van der Waals surface area contributed by atoms with Crippen LogP contribution in [0.2, 0.25) is 0 Å². The molecule has 0 spiro atoms. The minimum absolute atomic E-state index is 0.177. The largest absolute Gasteiger partial charge is 0.495 e. The van der Waals surface area contributed by atoms with Gasteiger partial charge in [0.1, 0.15) is 10.6 Å². The maximum atomic E-state index is 12.3. The van der Waals surface area contributed by atoms with Crippen LogP contribution in [0.3, 0.4) is 0 Å².